The highest BCUT2D eigenvalue weighted by molar-refractivity contribution is 6.31. The molecule has 1 aromatic heterocycles. The molecular formula is C16H15ClN2O3. The first-order valence-corrected chi connectivity index (χ1v) is 7.04. The van der Waals surface area contributed by atoms with E-state index in [0.29, 0.717) is 16.3 Å². The second-order valence-corrected chi connectivity index (χ2v) is 5.09. The highest BCUT2D eigenvalue weighted by Gasteiger charge is 2.19. The minimum Gasteiger partial charge on any atom is -0.449 e. The van der Waals surface area contributed by atoms with Crippen molar-refractivity contribution >= 4 is 29.2 Å². The Morgan fingerprint density at radius 2 is 1.91 bits per heavy atom. The van der Waals surface area contributed by atoms with Crippen LogP contribution in [-0.4, -0.2) is 23.0 Å². The molecule has 1 unspecified atom stereocenters. The van der Waals surface area contributed by atoms with Crippen molar-refractivity contribution in [2.45, 2.75) is 20.0 Å². The summed E-state index contributed by atoms with van der Waals surface area (Å²) < 4.78 is 5.13. The fourth-order valence-electron chi connectivity index (χ4n) is 1.75. The number of nitrogens with zero attached hydrogens (tertiary/aromatic N) is 1. The van der Waals surface area contributed by atoms with Gasteiger partial charge in [0, 0.05) is 23.1 Å². The molecule has 0 saturated carbocycles. The van der Waals surface area contributed by atoms with Gasteiger partial charge in [0.25, 0.3) is 5.91 Å². The molecule has 0 saturated heterocycles. The van der Waals surface area contributed by atoms with Crippen LogP contribution in [0.3, 0.4) is 0 Å². The number of ether oxygens (including phenoxy) is 1. The SMILES string of the molecule is Cc1c(Cl)cccc1NC(=O)C(C)OC(=O)c1ccncc1. The van der Waals surface area contributed by atoms with Crippen LogP contribution < -0.4 is 5.32 Å². The van der Waals surface area contributed by atoms with Crippen LogP contribution in [0, 0.1) is 6.92 Å². The molecule has 2 aromatic rings. The van der Waals surface area contributed by atoms with Crippen LogP contribution in [0.2, 0.25) is 5.02 Å². The van der Waals surface area contributed by atoms with Crippen LogP contribution in [0.4, 0.5) is 5.69 Å². The molecule has 0 aliphatic carbocycles. The summed E-state index contributed by atoms with van der Waals surface area (Å²) in [6.45, 7) is 3.31. The summed E-state index contributed by atoms with van der Waals surface area (Å²) in [5.74, 6) is -0.999. The van der Waals surface area contributed by atoms with Gasteiger partial charge in [0.1, 0.15) is 0 Å². The zero-order chi connectivity index (χ0) is 16.1. The van der Waals surface area contributed by atoms with E-state index in [9.17, 15) is 9.59 Å². The lowest BCUT2D eigenvalue weighted by Crippen LogP contribution is -2.30. The number of hydrogen-bond donors (Lipinski definition) is 1. The van der Waals surface area contributed by atoms with Crippen molar-refractivity contribution in [2.24, 2.45) is 0 Å². The quantitative estimate of drug-likeness (QED) is 0.879. The monoisotopic (exact) mass is 318 g/mol. The first-order chi connectivity index (χ1) is 10.5. The number of amides is 1. The molecule has 6 heteroatoms. The molecule has 0 fully saturated rings. The number of halogens is 1. The van der Waals surface area contributed by atoms with Gasteiger partial charge in [0.2, 0.25) is 0 Å². The molecule has 5 nitrogen and oxygen atoms in total. The maximum Gasteiger partial charge on any atom is 0.339 e. The van der Waals surface area contributed by atoms with Gasteiger partial charge in [-0.1, -0.05) is 17.7 Å². The van der Waals surface area contributed by atoms with Crippen molar-refractivity contribution < 1.29 is 14.3 Å². The summed E-state index contributed by atoms with van der Waals surface area (Å²) in [5, 5.41) is 3.25. The minimum atomic E-state index is -0.931. The Labute approximate surface area is 133 Å². The smallest absolute Gasteiger partial charge is 0.339 e. The Morgan fingerprint density at radius 1 is 1.23 bits per heavy atom. The number of aromatic nitrogens is 1. The molecule has 2 rings (SSSR count). The van der Waals surface area contributed by atoms with E-state index in [1.807, 2.05) is 0 Å². The van der Waals surface area contributed by atoms with E-state index < -0.39 is 18.0 Å². The first-order valence-electron chi connectivity index (χ1n) is 6.66. The molecule has 1 heterocycles. The maximum atomic E-state index is 12.1. The van der Waals surface area contributed by atoms with E-state index in [1.165, 1.54) is 31.5 Å². The second-order valence-electron chi connectivity index (χ2n) is 4.69. The number of pyridine rings is 1. The Bertz CT molecular complexity index is 689. The molecule has 1 amide bonds. The van der Waals surface area contributed by atoms with Gasteiger partial charge in [0.05, 0.1) is 5.56 Å². The van der Waals surface area contributed by atoms with Gasteiger partial charge in [-0.3, -0.25) is 9.78 Å². The number of esters is 1. The summed E-state index contributed by atoms with van der Waals surface area (Å²) in [6.07, 6.45) is 2.03. The molecule has 22 heavy (non-hydrogen) atoms. The van der Waals surface area contributed by atoms with Crippen molar-refractivity contribution in [3.8, 4) is 0 Å². The minimum absolute atomic E-state index is 0.341. The first kappa shape index (κ1) is 16.0. The molecule has 0 spiro atoms. The number of rotatable bonds is 4. The number of carbonyl (C=O) groups excluding carboxylic acids is 2. The third kappa shape index (κ3) is 3.83. The fraction of sp³-hybridized carbons (Fsp3) is 0.188. The van der Waals surface area contributed by atoms with Crippen LogP contribution >= 0.6 is 11.6 Å². The van der Waals surface area contributed by atoms with Crippen molar-refractivity contribution in [1.82, 2.24) is 4.98 Å². The molecule has 0 aliphatic heterocycles. The van der Waals surface area contributed by atoms with Gasteiger partial charge in [-0.05, 0) is 43.7 Å². The molecular weight excluding hydrogens is 304 g/mol. The zero-order valence-corrected chi connectivity index (χ0v) is 12.9. The summed E-state index contributed by atoms with van der Waals surface area (Å²) in [5.41, 5.74) is 1.68. The molecule has 114 valence electrons. The third-order valence-corrected chi connectivity index (χ3v) is 3.50. The highest BCUT2D eigenvalue weighted by atomic mass is 35.5. The molecule has 1 atom stereocenters. The van der Waals surface area contributed by atoms with Gasteiger partial charge in [0.15, 0.2) is 6.10 Å². The average molecular weight is 319 g/mol. The Morgan fingerprint density at radius 3 is 2.59 bits per heavy atom. The molecule has 1 N–H and O–H groups in total. The summed E-state index contributed by atoms with van der Waals surface area (Å²) >= 11 is 6.00. The number of anilines is 1. The second kappa shape index (κ2) is 7.04. The average Bonchev–Trinajstić information content (AvgIpc) is 2.52. The largest absolute Gasteiger partial charge is 0.449 e. The Kier molecular flexibility index (Phi) is 5.12. The van der Waals surface area contributed by atoms with Crippen molar-refractivity contribution in [2.75, 3.05) is 5.32 Å². The van der Waals surface area contributed by atoms with Crippen LogP contribution in [0.25, 0.3) is 0 Å². The van der Waals surface area contributed by atoms with E-state index in [4.69, 9.17) is 16.3 Å². The normalized spacial score (nSPS) is 11.6. The van der Waals surface area contributed by atoms with E-state index in [2.05, 4.69) is 10.3 Å². The highest BCUT2D eigenvalue weighted by Crippen LogP contribution is 2.23. The molecule has 0 bridgehead atoms. The van der Waals surface area contributed by atoms with Crippen LogP contribution in [0.15, 0.2) is 42.7 Å². The van der Waals surface area contributed by atoms with Gasteiger partial charge < -0.3 is 10.1 Å². The molecule has 1 aromatic carbocycles. The molecule has 0 radical (unpaired) electrons. The Hall–Kier alpha value is -2.40. The van der Waals surface area contributed by atoms with Crippen LogP contribution in [-0.2, 0) is 9.53 Å². The van der Waals surface area contributed by atoms with E-state index >= 15 is 0 Å². The van der Waals surface area contributed by atoms with E-state index in [1.54, 1.807) is 25.1 Å². The van der Waals surface area contributed by atoms with Gasteiger partial charge in [-0.2, -0.15) is 0 Å². The van der Waals surface area contributed by atoms with E-state index in [0.717, 1.165) is 5.56 Å². The van der Waals surface area contributed by atoms with Gasteiger partial charge in [-0.25, -0.2) is 4.79 Å². The lowest BCUT2D eigenvalue weighted by atomic mass is 10.2. The Balaban J connectivity index is 2.01. The van der Waals surface area contributed by atoms with Crippen molar-refractivity contribution in [3.63, 3.8) is 0 Å². The summed E-state index contributed by atoms with van der Waals surface area (Å²) in [6, 6.07) is 8.25. The topological polar surface area (TPSA) is 68.3 Å². The maximum absolute atomic E-state index is 12.1. The van der Waals surface area contributed by atoms with Crippen LogP contribution in [0.5, 0.6) is 0 Å². The number of carbonyl (C=O) groups is 2. The van der Waals surface area contributed by atoms with Gasteiger partial charge in [-0.15, -0.1) is 0 Å². The number of hydrogen-bond acceptors (Lipinski definition) is 4. The lowest BCUT2D eigenvalue weighted by molar-refractivity contribution is -0.123. The summed E-state index contributed by atoms with van der Waals surface area (Å²) in [4.78, 5) is 27.8. The fourth-order valence-corrected chi connectivity index (χ4v) is 1.92. The predicted molar refractivity (Wildman–Crippen MR) is 83.9 cm³/mol. The lowest BCUT2D eigenvalue weighted by Gasteiger charge is -2.15. The predicted octanol–water partition coefficient (Wildman–Crippen LogP) is 3.23. The number of benzene rings is 1. The summed E-state index contributed by atoms with van der Waals surface area (Å²) in [7, 11) is 0. The third-order valence-electron chi connectivity index (χ3n) is 3.09. The van der Waals surface area contributed by atoms with Crippen molar-refractivity contribution in [3.05, 3.63) is 58.9 Å². The van der Waals surface area contributed by atoms with E-state index in [-0.39, 0.29) is 0 Å². The number of nitrogens with one attached hydrogen (secondary N) is 1. The van der Waals surface area contributed by atoms with Gasteiger partial charge >= 0.3 is 5.97 Å². The van der Waals surface area contributed by atoms with Crippen LogP contribution in [0.1, 0.15) is 22.8 Å². The molecule has 0 aliphatic rings. The van der Waals surface area contributed by atoms with Crippen molar-refractivity contribution in [1.29, 1.82) is 0 Å². The zero-order valence-electron chi connectivity index (χ0n) is 12.2. The standard InChI is InChI=1S/C16H15ClN2O3/c1-10-13(17)4-3-5-14(10)19-15(20)11(2)22-16(21)12-6-8-18-9-7-12/h3-9,11H,1-2H3,(H,19,20).